The van der Waals surface area contributed by atoms with Crippen LogP contribution in [0.2, 0.25) is 0 Å². The number of nitrogens with one attached hydrogen (secondary N) is 1. The molecule has 2 aromatic rings. The third-order valence-corrected chi connectivity index (χ3v) is 6.01. The molecule has 5 nitrogen and oxygen atoms in total. The maximum absolute atomic E-state index is 13.2. The molecule has 0 fully saturated rings. The van der Waals surface area contributed by atoms with E-state index in [0.717, 1.165) is 29.4 Å². The number of methoxy groups -OCH3 is 1. The number of hydrogen-bond acceptors (Lipinski definition) is 4. The average molecular weight is 572 g/mol. The van der Waals surface area contributed by atoms with E-state index < -0.39 is 12.2 Å². The molecule has 1 aliphatic rings. The van der Waals surface area contributed by atoms with Gasteiger partial charge in [-0.2, -0.15) is 13.2 Å². The lowest BCUT2D eigenvalue weighted by atomic mass is 9.86. The van der Waals surface area contributed by atoms with Gasteiger partial charge in [0.05, 0.1) is 7.11 Å². The van der Waals surface area contributed by atoms with Crippen molar-refractivity contribution in [2.45, 2.75) is 24.6 Å². The molecule has 1 amide bonds. The number of carbonyl (C=O) groups is 1. The summed E-state index contributed by atoms with van der Waals surface area (Å²) < 4.78 is 45.3. The van der Waals surface area contributed by atoms with Crippen LogP contribution in [0.25, 0.3) is 11.3 Å². The van der Waals surface area contributed by atoms with E-state index in [1.165, 1.54) is 5.56 Å². The quantitative estimate of drug-likeness (QED) is 0.171. The van der Waals surface area contributed by atoms with Crippen molar-refractivity contribution in [2.24, 2.45) is 11.5 Å². The van der Waals surface area contributed by atoms with Crippen LogP contribution in [0.5, 0.6) is 0 Å². The number of allylic oxidation sites excluding steroid dienone is 8. The Bertz CT molecular complexity index is 1260. The second-order valence-electron chi connectivity index (χ2n) is 8.56. The zero-order valence-electron chi connectivity index (χ0n) is 22.1. The van der Waals surface area contributed by atoms with Crippen molar-refractivity contribution in [1.29, 1.82) is 0 Å². The summed E-state index contributed by atoms with van der Waals surface area (Å²) in [4.78, 5) is 8.58. The largest absolute Gasteiger partial charge is 0.500 e. The minimum absolute atomic E-state index is 0.134. The van der Waals surface area contributed by atoms with Crippen molar-refractivity contribution >= 4 is 29.3 Å². The van der Waals surface area contributed by atoms with Crippen LogP contribution in [0, 0.1) is 0 Å². The fourth-order valence-corrected chi connectivity index (χ4v) is 4.01. The monoisotopic (exact) mass is 571 g/mol. The van der Waals surface area contributed by atoms with Gasteiger partial charge in [-0.3, -0.25) is 4.79 Å². The van der Waals surface area contributed by atoms with E-state index in [9.17, 15) is 13.2 Å². The van der Waals surface area contributed by atoms with Gasteiger partial charge in [0.15, 0.2) is 0 Å². The Balaban J connectivity index is 0.00000178. The minimum Gasteiger partial charge on any atom is -0.500 e. The van der Waals surface area contributed by atoms with E-state index >= 15 is 0 Å². The highest BCUT2D eigenvalue weighted by Crippen LogP contribution is 2.36. The Kier molecular flexibility index (Phi) is 13.0. The molecule has 0 aromatic heterocycles. The molecular weight excluding hydrogens is 539 g/mol. The lowest BCUT2D eigenvalue weighted by molar-refractivity contribution is -0.136. The highest BCUT2D eigenvalue weighted by Gasteiger charge is 2.35. The lowest BCUT2D eigenvalue weighted by Crippen LogP contribution is -2.36. The van der Waals surface area contributed by atoms with Crippen LogP contribution in [-0.2, 0) is 9.53 Å². The molecule has 0 radical (unpaired) electrons. The third-order valence-electron chi connectivity index (χ3n) is 5.83. The predicted molar refractivity (Wildman–Crippen MR) is 157 cm³/mol. The molecule has 9 heteroatoms. The molecule has 0 bridgehead atoms. The van der Waals surface area contributed by atoms with Crippen molar-refractivity contribution < 1.29 is 22.7 Å². The van der Waals surface area contributed by atoms with Crippen LogP contribution in [0.3, 0.4) is 0 Å². The van der Waals surface area contributed by atoms with Gasteiger partial charge in [0.1, 0.15) is 11.8 Å². The maximum Gasteiger partial charge on any atom is 0.407 e. The summed E-state index contributed by atoms with van der Waals surface area (Å²) in [6.07, 6.45) is 8.34. The summed E-state index contributed by atoms with van der Waals surface area (Å²) in [5.74, 6) is 1.35. The van der Waals surface area contributed by atoms with Crippen LogP contribution in [0.15, 0.2) is 115 Å². The first-order valence-corrected chi connectivity index (χ1v) is 12.8. The first-order chi connectivity index (χ1) is 19.1. The van der Waals surface area contributed by atoms with Gasteiger partial charge in [0.2, 0.25) is 6.41 Å². The SMILES string of the molecule is C=C(/C=C\C=C/CCl)N/C(=C\C(N)C(F)(F)F)c1ccc(C2=CCC(c3ccccc3)C(OC)=C2)cc1.NC=O. The topological polar surface area (TPSA) is 90.4 Å². The van der Waals surface area contributed by atoms with Crippen molar-refractivity contribution in [3.63, 3.8) is 0 Å². The smallest absolute Gasteiger partial charge is 0.407 e. The van der Waals surface area contributed by atoms with Gasteiger partial charge in [-0.15, -0.1) is 11.6 Å². The molecule has 0 saturated carbocycles. The fraction of sp³-hybridized carbons (Fsp3) is 0.194. The fourth-order valence-electron chi connectivity index (χ4n) is 3.90. The molecule has 2 aromatic carbocycles. The molecule has 3 rings (SSSR count). The number of benzene rings is 2. The van der Waals surface area contributed by atoms with Crippen LogP contribution < -0.4 is 16.8 Å². The number of nitrogens with two attached hydrogens (primary N) is 2. The molecular formula is C31H33ClF3N3O2. The van der Waals surface area contributed by atoms with Gasteiger partial charge in [0, 0.05) is 23.2 Å². The van der Waals surface area contributed by atoms with Gasteiger partial charge in [-0.05, 0) is 46.9 Å². The summed E-state index contributed by atoms with van der Waals surface area (Å²) in [6, 6.07) is 15.3. The van der Waals surface area contributed by atoms with Gasteiger partial charge in [-0.25, -0.2) is 0 Å². The number of hydrogen-bond donors (Lipinski definition) is 3. The van der Waals surface area contributed by atoms with Crippen LogP contribution >= 0.6 is 11.6 Å². The van der Waals surface area contributed by atoms with Crippen molar-refractivity contribution in [2.75, 3.05) is 13.0 Å². The van der Waals surface area contributed by atoms with E-state index in [4.69, 9.17) is 26.9 Å². The van der Waals surface area contributed by atoms with E-state index in [0.29, 0.717) is 17.1 Å². The molecule has 2 unspecified atom stereocenters. The van der Waals surface area contributed by atoms with Crippen molar-refractivity contribution in [1.82, 2.24) is 5.32 Å². The summed E-state index contributed by atoms with van der Waals surface area (Å²) >= 11 is 5.60. The van der Waals surface area contributed by atoms with Gasteiger partial charge in [-0.1, -0.05) is 85.5 Å². The lowest BCUT2D eigenvalue weighted by Gasteiger charge is -2.23. The van der Waals surface area contributed by atoms with Gasteiger partial charge < -0.3 is 21.5 Å². The summed E-state index contributed by atoms with van der Waals surface area (Å²) in [5.41, 5.74) is 13.8. The molecule has 0 saturated heterocycles. The second-order valence-corrected chi connectivity index (χ2v) is 8.87. The maximum atomic E-state index is 13.2. The Morgan fingerprint density at radius 1 is 1.18 bits per heavy atom. The van der Waals surface area contributed by atoms with E-state index in [2.05, 4.69) is 35.8 Å². The van der Waals surface area contributed by atoms with Crippen LogP contribution in [0.4, 0.5) is 13.2 Å². The summed E-state index contributed by atoms with van der Waals surface area (Å²) in [6.45, 7) is 3.87. The standard InChI is InChI=1S/C30H30ClF3N2O.CH3NO/c1-21(9-5-4-8-18-31)36-27(20-29(35)30(32,33)34)24-14-12-22(13-15-24)25-16-17-26(28(19-25)37-2)23-10-6-3-7-11-23;2-1-3/h3-16,19-20,26,29,36H,1,17-18,35H2,2H3;1H,(H2,2,3)/b8-4-,9-5-,27-20-;. The second kappa shape index (κ2) is 16.2. The van der Waals surface area contributed by atoms with E-state index in [1.807, 2.05) is 36.4 Å². The van der Waals surface area contributed by atoms with E-state index in [1.54, 1.807) is 43.5 Å². The number of ether oxygens (including phenoxy) is 1. The molecule has 40 heavy (non-hydrogen) atoms. The first kappa shape index (κ1) is 32.2. The van der Waals surface area contributed by atoms with Crippen molar-refractivity contribution in [3.8, 4) is 0 Å². The van der Waals surface area contributed by atoms with Gasteiger partial charge >= 0.3 is 6.18 Å². The zero-order valence-corrected chi connectivity index (χ0v) is 22.8. The van der Waals surface area contributed by atoms with Crippen LogP contribution in [0.1, 0.15) is 29.0 Å². The Morgan fingerprint density at radius 3 is 2.40 bits per heavy atom. The van der Waals surface area contributed by atoms with Crippen LogP contribution in [-0.4, -0.2) is 31.6 Å². The Hall–Kier alpha value is -4.01. The average Bonchev–Trinajstić information content (AvgIpc) is 2.95. The highest BCUT2D eigenvalue weighted by molar-refractivity contribution is 6.18. The highest BCUT2D eigenvalue weighted by atomic mass is 35.5. The Labute approximate surface area is 238 Å². The molecule has 0 aliphatic heterocycles. The molecule has 2 atom stereocenters. The van der Waals surface area contributed by atoms with E-state index in [-0.39, 0.29) is 18.0 Å². The zero-order chi connectivity index (χ0) is 29.5. The molecule has 0 heterocycles. The predicted octanol–water partition coefficient (Wildman–Crippen LogP) is 6.57. The number of halogens is 4. The number of rotatable bonds is 10. The minimum atomic E-state index is -4.57. The van der Waals surface area contributed by atoms with Crippen molar-refractivity contribution in [3.05, 3.63) is 132 Å². The Morgan fingerprint density at radius 2 is 1.82 bits per heavy atom. The molecule has 212 valence electrons. The number of amides is 1. The first-order valence-electron chi connectivity index (χ1n) is 12.3. The third kappa shape index (κ3) is 9.94. The van der Waals surface area contributed by atoms with Gasteiger partial charge in [0.25, 0.3) is 0 Å². The number of alkyl halides is 4. The molecule has 0 spiro atoms. The number of primary amides is 1. The summed E-state index contributed by atoms with van der Waals surface area (Å²) in [7, 11) is 1.66. The molecule has 1 aliphatic carbocycles. The summed E-state index contributed by atoms with van der Waals surface area (Å²) in [5, 5.41) is 2.94. The molecule has 5 N–H and O–H groups in total. The normalized spacial score (nSPS) is 16.4. The number of carbonyl (C=O) groups excluding carboxylic acids is 1.